The highest BCUT2D eigenvalue weighted by atomic mass is 16.5. The van der Waals surface area contributed by atoms with E-state index in [4.69, 9.17) is 10.5 Å². The number of aliphatic hydroxyl groups is 1. The van der Waals surface area contributed by atoms with Crippen LogP contribution >= 0.6 is 0 Å². The Morgan fingerprint density at radius 1 is 1.45 bits per heavy atom. The number of nitrogens with two attached hydrogens (primary N) is 1. The van der Waals surface area contributed by atoms with Crippen LogP contribution in [0.4, 0.5) is 5.82 Å². The van der Waals surface area contributed by atoms with Crippen molar-refractivity contribution in [1.82, 2.24) is 14.5 Å². The third-order valence-electron chi connectivity index (χ3n) is 4.05. The van der Waals surface area contributed by atoms with Crippen molar-refractivity contribution < 1.29 is 14.6 Å². The summed E-state index contributed by atoms with van der Waals surface area (Å²) in [4.78, 5) is 20.2. The van der Waals surface area contributed by atoms with Gasteiger partial charge in [0.25, 0.3) is 5.91 Å². The SMILES string of the molecule is NC1=CC(=O)Nc2ncnc3c2c1cn3[C@H]1CC[C@@H](CO)O1. The Balaban J connectivity index is 1.89. The van der Waals surface area contributed by atoms with Crippen LogP contribution in [0, 0.1) is 0 Å². The molecule has 8 nitrogen and oxygen atoms in total. The molecule has 2 aliphatic heterocycles. The van der Waals surface area contributed by atoms with Crippen molar-refractivity contribution in [3.05, 3.63) is 24.2 Å². The molecule has 114 valence electrons. The average Bonchev–Trinajstić information content (AvgIpc) is 3.08. The van der Waals surface area contributed by atoms with Crippen molar-refractivity contribution >= 4 is 28.5 Å². The Kier molecular flexibility index (Phi) is 2.88. The molecule has 0 radical (unpaired) electrons. The highest BCUT2D eigenvalue weighted by Crippen LogP contribution is 2.36. The van der Waals surface area contributed by atoms with Crippen LogP contribution in [0.3, 0.4) is 0 Å². The fourth-order valence-electron chi connectivity index (χ4n) is 3.02. The molecule has 1 saturated heterocycles. The summed E-state index contributed by atoms with van der Waals surface area (Å²) in [5.41, 5.74) is 7.74. The van der Waals surface area contributed by atoms with Gasteiger partial charge in [-0.3, -0.25) is 4.79 Å². The third-order valence-corrected chi connectivity index (χ3v) is 4.05. The van der Waals surface area contributed by atoms with Gasteiger partial charge in [0, 0.05) is 23.5 Å². The van der Waals surface area contributed by atoms with Gasteiger partial charge in [0.1, 0.15) is 24.0 Å². The van der Waals surface area contributed by atoms with E-state index in [-0.39, 0.29) is 24.8 Å². The lowest BCUT2D eigenvalue weighted by atomic mass is 10.2. The first-order valence-electron chi connectivity index (χ1n) is 7.07. The van der Waals surface area contributed by atoms with Gasteiger partial charge in [-0.05, 0) is 12.8 Å². The van der Waals surface area contributed by atoms with Gasteiger partial charge in [-0.1, -0.05) is 0 Å². The number of aliphatic hydroxyl groups excluding tert-OH is 1. The van der Waals surface area contributed by atoms with Gasteiger partial charge in [0.15, 0.2) is 0 Å². The van der Waals surface area contributed by atoms with Crippen molar-refractivity contribution in [2.45, 2.75) is 25.2 Å². The monoisotopic (exact) mass is 301 g/mol. The summed E-state index contributed by atoms with van der Waals surface area (Å²) in [6.45, 7) is 0.000884. The summed E-state index contributed by atoms with van der Waals surface area (Å²) in [5.74, 6) is 0.134. The first-order valence-corrected chi connectivity index (χ1v) is 7.07. The number of carbonyl (C=O) groups excluding carboxylic acids is 1. The number of hydrogen-bond acceptors (Lipinski definition) is 6. The molecular weight excluding hydrogens is 286 g/mol. The van der Waals surface area contributed by atoms with E-state index in [1.165, 1.54) is 12.4 Å². The van der Waals surface area contributed by atoms with Crippen molar-refractivity contribution in [3.63, 3.8) is 0 Å². The highest BCUT2D eigenvalue weighted by molar-refractivity contribution is 6.13. The number of amides is 1. The Labute approximate surface area is 125 Å². The van der Waals surface area contributed by atoms with Crippen LogP contribution in [0.2, 0.25) is 0 Å². The standard InChI is InChI=1S/C14H15N5O3/c15-9-3-10(21)18-13-12-8(9)4-19(14(12)17-6-16-13)11-2-1-7(5-20)22-11/h3-4,6-7,11,20H,1-2,5,15H2,(H,16,17,18,21)/t7-,11+/m0/s1. The van der Waals surface area contributed by atoms with E-state index < -0.39 is 0 Å². The quantitative estimate of drug-likeness (QED) is 0.737. The van der Waals surface area contributed by atoms with Gasteiger partial charge in [-0.15, -0.1) is 0 Å². The fourth-order valence-corrected chi connectivity index (χ4v) is 3.02. The molecule has 0 aromatic carbocycles. The zero-order valence-corrected chi connectivity index (χ0v) is 11.7. The lowest BCUT2D eigenvalue weighted by molar-refractivity contribution is -0.111. The first kappa shape index (κ1) is 13.2. The smallest absolute Gasteiger partial charge is 0.251 e. The second-order valence-electron chi connectivity index (χ2n) is 5.43. The van der Waals surface area contributed by atoms with Crippen molar-refractivity contribution in [1.29, 1.82) is 0 Å². The van der Waals surface area contributed by atoms with Gasteiger partial charge in [-0.2, -0.15) is 0 Å². The van der Waals surface area contributed by atoms with E-state index in [9.17, 15) is 9.90 Å². The van der Waals surface area contributed by atoms with Gasteiger partial charge in [-0.25, -0.2) is 9.97 Å². The van der Waals surface area contributed by atoms with Crippen LogP contribution < -0.4 is 11.1 Å². The number of anilines is 1. The maximum absolute atomic E-state index is 11.7. The molecule has 1 fully saturated rings. The molecule has 2 aromatic rings. The molecular formula is C14H15N5O3. The predicted molar refractivity (Wildman–Crippen MR) is 78.6 cm³/mol. The Morgan fingerprint density at radius 3 is 3.09 bits per heavy atom. The van der Waals surface area contributed by atoms with Crippen molar-refractivity contribution in [2.75, 3.05) is 11.9 Å². The van der Waals surface area contributed by atoms with Crippen LogP contribution in [0.1, 0.15) is 24.6 Å². The number of nitrogens with zero attached hydrogens (tertiary/aromatic N) is 3. The largest absolute Gasteiger partial charge is 0.398 e. The molecule has 4 heterocycles. The number of carbonyl (C=O) groups is 1. The first-order chi connectivity index (χ1) is 10.7. The van der Waals surface area contributed by atoms with Gasteiger partial charge >= 0.3 is 0 Å². The van der Waals surface area contributed by atoms with E-state index in [1.807, 2.05) is 10.8 Å². The maximum Gasteiger partial charge on any atom is 0.251 e. The number of ether oxygens (including phenoxy) is 1. The molecule has 0 spiro atoms. The summed E-state index contributed by atoms with van der Waals surface area (Å²) < 4.78 is 7.71. The third kappa shape index (κ3) is 1.88. The number of nitrogens with one attached hydrogen (secondary N) is 1. The molecule has 2 aromatic heterocycles. The zero-order chi connectivity index (χ0) is 15.3. The average molecular weight is 301 g/mol. The minimum atomic E-state index is -0.308. The lowest BCUT2D eigenvalue weighted by Crippen LogP contribution is -2.14. The normalized spacial score (nSPS) is 24.2. The molecule has 2 atom stereocenters. The molecule has 0 bridgehead atoms. The molecule has 4 N–H and O–H groups in total. The van der Waals surface area contributed by atoms with E-state index in [2.05, 4.69) is 15.3 Å². The van der Waals surface area contributed by atoms with E-state index >= 15 is 0 Å². The van der Waals surface area contributed by atoms with Gasteiger partial charge in [0.05, 0.1) is 18.1 Å². The van der Waals surface area contributed by atoms with Crippen molar-refractivity contribution in [2.24, 2.45) is 5.73 Å². The molecule has 1 amide bonds. The van der Waals surface area contributed by atoms with E-state index in [0.717, 1.165) is 12.8 Å². The van der Waals surface area contributed by atoms with E-state index in [0.29, 0.717) is 28.1 Å². The second-order valence-corrected chi connectivity index (χ2v) is 5.43. The maximum atomic E-state index is 11.7. The van der Waals surface area contributed by atoms with Crippen molar-refractivity contribution in [3.8, 4) is 0 Å². The summed E-state index contributed by atoms with van der Waals surface area (Å²) >= 11 is 0. The number of rotatable bonds is 2. The Hall–Kier alpha value is -2.45. The van der Waals surface area contributed by atoms with Gasteiger partial charge < -0.3 is 25.5 Å². The molecule has 22 heavy (non-hydrogen) atoms. The highest BCUT2D eigenvalue weighted by Gasteiger charge is 2.29. The van der Waals surface area contributed by atoms with Gasteiger partial charge in [0.2, 0.25) is 0 Å². The van der Waals surface area contributed by atoms with Crippen LogP contribution in [-0.2, 0) is 9.53 Å². The molecule has 8 heteroatoms. The Bertz CT molecular complexity index is 797. The molecule has 0 saturated carbocycles. The van der Waals surface area contributed by atoms with Crippen LogP contribution in [-0.4, -0.2) is 38.3 Å². The number of aromatic nitrogens is 3. The minimum absolute atomic E-state index is 0.000884. The summed E-state index contributed by atoms with van der Waals surface area (Å²) in [6.07, 6.45) is 5.77. The molecule has 0 aliphatic carbocycles. The van der Waals surface area contributed by atoms with Crippen LogP contribution in [0.5, 0.6) is 0 Å². The minimum Gasteiger partial charge on any atom is -0.398 e. The second kappa shape index (κ2) is 4.79. The van der Waals surface area contributed by atoms with E-state index in [1.54, 1.807) is 0 Å². The molecule has 4 rings (SSSR count). The summed E-state index contributed by atoms with van der Waals surface area (Å²) in [5, 5.41) is 12.6. The molecule has 2 aliphatic rings. The lowest BCUT2D eigenvalue weighted by Gasteiger charge is -2.14. The summed E-state index contributed by atoms with van der Waals surface area (Å²) in [7, 11) is 0. The number of hydrogen-bond donors (Lipinski definition) is 3. The predicted octanol–water partition coefficient (Wildman–Crippen LogP) is 0.353. The molecule has 0 unspecified atom stereocenters. The zero-order valence-electron chi connectivity index (χ0n) is 11.7. The fraction of sp³-hybridized carbons (Fsp3) is 0.357. The summed E-state index contributed by atoms with van der Waals surface area (Å²) in [6, 6.07) is 0. The van der Waals surface area contributed by atoms with Crippen LogP contribution in [0.15, 0.2) is 18.6 Å². The van der Waals surface area contributed by atoms with Crippen LogP contribution in [0.25, 0.3) is 16.7 Å². The Morgan fingerprint density at radius 2 is 2.32 bits per heavy atom. The topological polar surface area (TPSA) is 115 Å².